The molecule has 5 aliphatic rings. The van der Waals surface area contributed by atoms with Crippen LogP contribution in [-0.4, -0.2) is 36.4 Å². The molecule has 0 amide bonds. The van der Waals surface area contributed by atoms with Crippen molar-refractivity contribution in [2.24, 2.45) is 34.5 Å². The fraction of sp³-hybridized carbons (Fsp3) is 0.880. The third-order valence-electron chi connectivity index (χ3n) is 10.3. The molecule has 5 nitrogen and oxygen atoms in total. The summed E-state index contributed by atoms with van der Waals surface area (Å²) >= 11 is 0. The average Bonchev–Trinajstić information content (AvgIpc) is 3.13. The topological polar surface area (TPSA) is 67.8 Å². The van der Waals surface area contributed by atoms with Gasteiger partial charge in [-0.05, 0) is 98.9 Å². The monoisotopic (exact) mass is 417 g/mol. The lowest BCUT2D eigenvalue weighted by Gasteiger charge is -2.58. The maximum absolute atomic E-state index is 12.3. The smallest absolute Gasteiger partial charge is 0.331 e. The zero-order valence-corrected chi connectivity index (χ0v) is 18.9. The third-order valence-corrected chi connectivity index (χ3v) is 10.3. The molecule has 4 saturated carbocycles. The van der Waals surface area contributed by atoms with E-state index in [1.807, 2.05) is 0 Å². The zero-order chi connectivity index (χ0) is 21.1. The SMILES string of the molecule is CONC1CC[C@@]2(C)CC(CCC3C2CC[C@]2(C)[C@@H](C4=CC(=O)OC4)CC[C@]32O)C1. The summed E-state index contributed by atoms with van der Waals surface area (Å²) in [6, 6.07) is 0.456. The highest BCUT2D eigenvalue weighted by Gasteiger charge is 2.66. The number of cyclic esters (lactones) is 1. The summed E-state index contributed by atoms with van der Waals surface area (Å²) in [4.78, 5) is 17.0. The Morgan fingerprint density at radius 2 is 1.93 bits per heavy atom. The van der Waals surface area contributed by atoms with Gasteiger partial charge < -0.3 is 14.7 Å². The van der Waals surface area contributed by atoms with Gasteiger partial charge in [0.05, 0.1) is 12.7 Å². The molecule has 0 aromatic rings. The minimum atomic E-state index is -0.618. The highest BCUT2D eigenvalue weighted by molar-refractivity contribution is 5.85. The van der Waals surface area contributed by atoms with Crippen LogP contribution in [0.25, 0.3) is 0 Å². The van der Waals surface area contributed by atoms with E-state index < -0.39 is 5.60 Å². The van der Waals surface area contributed by atoms with Crippen molar-refractivity contribution in [2.45, 2.75) is 89.7 Å². The number of carbonyl (C=O) groups is 1. The lowest BCUT2D eigenvalue weighted by molar-refractivity contribution is -0.174. The Kier molecular flexibility index (Phi) is 5.11. The van der Waals surface area contributed by atoms with Crippen LogP contribution in [0, 0.1) is 34.5 Å². The Balaban J connectivity index is 1.44. The standard InChI is InChI=1S/C25H39NO4/c1-23-9-6-18(26-29-3)12-16(14-23)4-5-21-20(23)7-10-24(2)19(8-11-25(21,24)28)17-13-22(27)30-15-17/h13,16,18-21,26,28H,4-12,14-15H2,1-3H3/t16?,18?,19-,20?,21?,23+,24-,25+/m1/s1. The first-order valence-corrected chi connectivity index (χ1v) is 12.2. The highest BCUT2D eigenvalue weighted by Crippen LogP contribution is 2.68. The van der Waals surface area contributed by atoms with E-state index in [0.717, 1.165) is 37.7 Å². The molecule has 0 aromatic carbocycles. The van der Waals surface area contributed by atoms with Gasteiger partial charge in [-0.1, -0.05) is 13.8 Å². The van der Waals surface area contributed by atoms with E-state index in [9.17, 15) is 9.90 Å². The number of hydrogen-bond donors (Lipinski definition) is 2. The quantitative estimate of drug-likeness (QED) is 0.533. The van der Waals surface area contributed by atoms with Crippen molar-refractivity contribution < 1.29 is 19.5 Å². The van der Waals surface area contributed by atoms with E-state index in [4.69, 9.17) is 9.57 Å². The molecule has 4 fully saturated rings. The number of esters is 1. The van der Waals surface area contributed by atoms with Crippen LogP contribution >= 0.6 is 0 Å². The van der Waals surface area contributed by atoms with Gasteiger partial charge in [-0.3, -0.25) is 0 Å². The van der Waals surface area contributed by atoms with Gasteiger partial charge in [0.25, 0.3) is 0 Å². The largest absolute Gasteiger partial charge is 0.458 e. The first-order valence-electron chi connectivity index (χ1n) is 12.2. The summed E-state index contributed by atoms with van der Waals surface area (Å²) in [5.41, 5.74) is 3.91. The van der Waals surface area contributed by atoms with Crippen LogP contribution in [0.1, 0.15) is 78.1 Å². The molecule has 0 saturated heterocycles. The van der Waals surface area contributed by atoms with Gasteiger partial charge in [-0.2, -0.15) is 5.48 Å². The van der Waals surface area contributed by atoms with Gasteiger partial charge in [-0.15, -0.1) is 0 Å². The van der Waals surface area contributed by atoms with Crippen LogP contribution in [0.5, 0.6) is 0 Å². The maximum Gasteiger partial charge on any atom is 0.331 e. The molecule has 0 spiro atoms. The molecule has 4 unspecified atom stereocenters. The van der Waals surface area contributed by atoms with Crippen molar-refractivity contribution in [1.82, 2.24) is 5.48 Å². The number of hydroxylamine groups is 1. The molecular formula is C25H39NO4. The van der Waals surface area contributed by atoms with Crippen LogP contribution < -0.4 is 5.48 Å². The summed E-state index contributed by atoms with van der Waals surface area (Å²) < 4.78 is 5.25. The number of ether oxygens (including phenoxy) is 1. The molecular weight excluding hydrogens is 378 g/mol. The van der Waals surface area contributed by atoms with Gasteiger partial charge in [0, 0.05) is 17.5 Å². The molecule has 0 radical (unpaired) electrons. The molecule has 2 bridgehead atoms. The van der Waals surface area contributed by atoms with E-state index in [2.05, 4.69) is 19.3 Å². The molecule has 5 rings (SSSR count). The van der Waals surface area contributed by atoms with Crippen LogP contribution in [0.15, 0.2) is 11.6 Å². The number of carbonyl (C=O) groups excluding carboxylic acids is 1. The summed E-state index contributed by atoms with van der Waals surface area (Å²) in [7, 11) is 1.73. The lowest BCUT2D eigenvalue weighted by Crippen LogP contribution is -2.58. The molecule has 1 aliphatic heterocycles. The van der Waals surface area contributed by atoms with E-state index in [0.29, 0.717) is 35.8 Å². The van der Waals surface area contributed by atoms with E-state index in [-0.39, 0.29) is 17.3 Å². The highest BCUT2D eigenvalue weighted by atomic mass is 16.6. The third kappa shape index (κ3) is 3.02. The summed E-state index contributed by atoms with van der Waals surface area (Å²) in [6.07, 6.45) is 13.0. The Bertz CT molecular complexity index is 737. The summed E-state index contributed by atoms with van der Waals surface area (Å²) in [5.74, 6) is 1.76. The van der Waals surface area contributed by atoms with E-state index >= 15 is 0 Å². The number of aliphatic hydroxyl groups is 1. The minimum absolute atomic E-state index is 0.140. The zero-order valence-electron chi connectivity index (χ0n) is 18.9. The molecule has 8 atom stereocenters. The normalized spacial score (nSPS) is 50.7. The molecule has 2 N–H and O–H groups in total. The second kappa shape index (κ2) is 7.31. The van der Waals surface area contributed by atoms with Gasteiger partial charge in [0.15, 0.2) is 0 Å². The number of fused-ring (bicyclic) bond motifs is 6. The second-order valence-corrected chi connectivity index (χ2v) is 11.6. The van der Waals surface area contributed by atoms with Crippen LogP contribution in [-0.2, 0) is 14.4 Å². The molecule has 0 aromatic heterocycles. The first-order chi connectivity index (χ1) is 14.3. The Labute approximate surface area is 180 Å². The number of hydrogen-bond acceptors (Lipinski definition) is 5. The summed E-state index contributed by atoms with van der Waals surface area (Å²) in [6.45, 7) is 5.26. The van der Waals surface area contributed by atoms with E-state index in [1.54, 1.807) is 13.2 Å². The van der Waals surface area contributed by atoms with Crippen molar-refractivity contribution in [3.05, 3.63) is 11.6 Å². The number of nitrogens with one attached hydrogen (secondary N) is 1. The van der Waals surface area contributed by atoms with Gasteiger partial charge in [0.2, 0.25) is 0 Å². The van der Waals surface area contributed by atoms with Crippen LogP contribution in [0.3, 0.4) is 0 Å². The predicted molar refractivity (Wildman–Crippen MR) is 114 cm³/mol. The first kappa shape index (κ1) is 21.0. The second-order valence-electron chi connectivity index (χ2n) is 11.6. The van der Waals surface area contributed by atoms with Crippen molar-refractivity contribution >= 4 is 5.97 Å². The van der Waals surface area contributed by atoms with Gasteiger partial charge in [0.1, 0.15) is 6.61 Å². The molecule has 168 valence electrons. The summed E-state index contributed by atoms with van der Waals surface area (Å²) in [5, 5.41) is 12.3. The van der Waals surface area contributed by atoms with Crippen molar-refractivity contribution in [1.29, 1.82) is 0 Å². The Hall–Kier alpha value is -0.910. The Morgan fingerprint density at radius 1 is 1.10 bits per heavy atom. The predicted octanol–water partition coefficient (Wildman–Crippen LogP) is 4.15. The average molecular weight is 418 g/mol. The fourth-order valence-corrected chi connectivity index (χ4v) is 8.83. The molecule has 1 heterocycles. The van der Waals surface area contributed by atoms with Crippen molar-refractivity contribution in [3.8, 4) is 0 Å². The number of rotatable bonds is 3. The van der Waals surface area contributed by atoms with Crippen LogP contribution in [0.2, 0.25) is 0 Å². The lowest BCUT2D eigenvalue weighted by atomic mass is 9.49. The van der Waals surface area contributed by atoms with Gasteiger partial charge in [-0.25, -0.2) is 4.79 Å². The fourth-order valence-electron chi connectivity index (χ4n) is 8.83. The molecule has 5 heteroatoms. The molecule has 4 aliphatic carbocycles. The van der Waals surface area contributed by atoms with Crippen LogP contribution in [0.4, 0.5) is 0 Å². The Morgan fingerprint density at radius 3 is 2.67 bits per heavy atom. The van der Waals surface area contributed by atoms with Crippen molar-refractivity contribution in [2.75, 3.05) is 13.7 Å². The van der Waals surface area contributed by atoms with E-state index in [1.165, 1.54) is 32.1 Å². The van der Waals surface area contributed by atoms with Crippen molar-refractivity contribution in [3.63, 3.8) is 0 Å². The maximum atomic E-state index is 12.3. The minimum Gasteiger partial charge on any atom is -0.458 e. The molecule has 30 heavy (non-hydrogen) atoms. The van der Waals surface area contributed by atoms with Gasteiger partial charge >= 0.3 is 5.97 Å².